The summed E-state index contributed by atoms with van der Waals surface area (Å²) in [6.07, 6.45) is 2.41. The highest BCUT2D eigenvalue weighted by Gasteiger charge is 2.12. The lowest BCUT2D eigenvalue weighted by atomic mass is 9.93. The lowest BCUT2D eigenvalue weighted by Crippen LogP contribution is -2.14. The normalized spacial score (nSPS) is 11.3. The molecular formula is C11H20N4O. The van der Waals surface area contributed by atoms with Crippen LogP contribution in [0, 0.1) is 12.3 Å². The number of hydrazine groups is 1. The van der Waals surface area contributed by atoms with Gasteiger partial charge in [0.15, 0.2) is 0 Å². The van der Waals surface area contributed by atoms with Crippen LogP contribution in [0.1, 0.15) is 32.8 Å². The molecule has 0 aliphatic heterocycles. The first-order chi connectivity index (χ1) is 7.44. The van der Waals surface area contributed by atoms with Crippen LogP contribution < -0.4 is 16.0 Å². The van der Waals surface area contributed by atoms with E-state index in [-0.39, 0.29) is 5.41 Å². The first-order valence-corrected chi connectivity index (χ1v) is 5.35. The molecule has 5 heteroatoms. The molecule has 1 rings (SSSR count). The van der Waals surface area contributed by atoms with Crippen molar-refractivity contribution in [2.45, 2.75) is 34.1 Å². The van der Waals surface area contributed by atoms with Crippen molar-refractivity contribution in [3.63, 3.8) is 0 Å². The van der Waals surface area contributed by atoms with Crippen LogP contribution in [0.25, 0.3) is 0 Å². The topological polar surface area (TPSA) is 73.1 Å². The highest BCUT2D eigenvalue weighted by Crippen LogP contribution is 2.22. The summed E-state index contributed by atoms with van der Waals surface area (Å²) in [7, 11) is 0. The van der Waals surface area contributed by atoms with E-state index in [1.165, 1.54) is 6.33 Å². The van der Waals surface area contributed by atoms with Crippen molar-refractivity contribution in [1.29, 1.82) is 0 Å². The van der Waals surface area contributed by atoms with Gasteiger partial charge in [0.2, 0.25) is 5.88 Å². The van der Waals surface area contributed by atoms with Gasteiger partial charge in [0.25, 0.3) is 0 Å². The maximum atomic E-state index is 5.61. The minimum absolute atomic E-state index is 0.260. The van der Waals surface area contributed by atoms with Crippen LogP contribution in [-0.2, 0) is 0 Å². The molecule has 16 heavy (non-hydrogen) atoms. The predicted molar refractivity (Wildman–Crippen MR) is 64.1 cm³/mol. The molecule has 0 atom stereocenters. The van der Waals surface area contributed by atoms with Crippen LogP contribution >= 0.6 is 0 Å². The van der Waals surface area contributed by atoms with Crippen LogP contribution in [-0.4, -0.2) is 16.6 Å². The van der Waals surface area contributed by atoms with Gasteiger partial charge in [0.05, 0.1) is 12.2 Å². The summed E-state index contributed by atoms with van der Waals surface area (Å²) in [6.45, 7) is 9.05. The van der Waals surface area contributed by atoms with Crippen molar-refractivity contribution in [3.8, 4) is 5.88 Å². The Morgan fingerprint density at radius 2 is 2.06 bits per heavy atom. The highest BCUT2D eigenvalue weighted by atomic mass is 16.5. The van der Waals surface area contributed by atoms with Crippen molar-refractivity contribution in [1.82, 2.24) is 9.97 Å². The van der Waals surface area contributed by atoms with Gasteiger partial charge in [0, 0.05) is 0 Å². The third-order valence-corrected chi connectivity index (χ3v) is 2.27. The SMILES string of the molecule is Cc1c(NN)ncnc1OCCC(C)(C)C. The van der Waals surface area contributed by atoms with Crippen LogP contribution in [0.4, 0.5) is 5.82 Å². The molecule has 0 spiro atoms. The zero-order chi connectivity index (χ0) is 12.2. The van der Waals surface area contributed by atoms with E-state index in [0.717, 1.165) is 12.0 Å². The number of nitrogens with two attached hydrogens (primary N) is 1. The minimum atomic E-state index is 0.260. The Morgan fingerprint density at radius 1 is 1.38 bits per heavy atom. The van der Waals surface area contributed by atoms with Crippen molar-refractivity contribution >= 4 is 5.82 Å². The summed E-state index contributed by atoms with van der Waals surface area (Å²) in [6, 6.07) is 0. The van der Waals surface area contributed by atoms with E-state index in [1.54, 1.807) is 0 Å². The van der Waals surface area contributed by atoms with Crippen molar-refractivity contribution in [3.05, 3.63) is 11.9 Å². The number of nitrogens with one attached hydrogen (secondary N) is 1. The van der Waals surface area contributed by atoms with Crippen LogP contribution in [0.15, 0.2) is 6.33 Å². The van der Waals surface area contributed by atoms with Gasteiger partial charge in [0.1, 0.15) is 12.1 Å². The van der Waals surface area contributed by atoms with Gasteiger partial charge in [-0.1, -0.05) is 20.8 Å². The number of anilines is 1. The number of nitrogen functional groups attached to an aromatic ring is 1. The number of rotatable bonds is 4. The van der Waals surface area contributed by atoms with Crippen LogP contribution in [0.2, 0.25) is 0 Å². The molecule has 5 nitrogen and oxygen atoms in total. The summed E-state index contributed by atoms with van der Waals surface area (Å²) in [5.41, 5.74) is 3.60. The summed E-state index contributed by atoms with van der Waals surface area (Å²) in [5.74, 6) is 6.51. The molecule has 0 aliphatic carbocycles. The van der Waals surface area contributed by atoms with E-state index in [2.05, 4.69) is 36.2 Å². The first-order valence-electron chi connectivity index (χ1n) is 5.35. The third-order valence-electron chi connectivity index (χ3n) is 2.27. The summed E-state index contributed by atoms with van der Waals surface area (Å²) >= 11 is 0. The fourth-order valence-corrected chi connectivity index (χ4v) is 1.18. The van der Waals surface area contributed by atoms with Crippen LogP contribution in [0.5, 0.6) is 5.88 Å². The molecule has 0 radical (unpaired) electrons. The molecule has 1 heterocycles. The standard InChI is InChI=1S/C11H20N4O/c1-8-9(15-12)13-7-14-10(8)16-6-5-11(2,3)4/h7H,5-6,12H2,1-4H3,(H,13,14,15). The first kappa shape index (κ1) is 12.7. The van der Waals surface area contributed by atoms with E-state index in [9.17, 15) is 0 Å². The lowest BCUT2D eigenvalue weighted by molar-refractivity contribution is 0.235. The summed E-state index contributed by atoms with van der Waals surface area (Å²) in [5, 5.41) is 0. The smallest absolute Gasteiger partial charge is 0.221 e. The average Bonchev–Trinajstić information content (AvgIpc) is 2.19. The van der Waals surface area contributed by atoms with Crippen molar-refractivity contribution < 1.29 is 4.74 Å². The molecule has 3 N–H and O–H groups in total. The predicted octanol–water partition coefficient (Wildman–Crippen LogP) is 1.89. The summed E-state index contributed by atoms with van der Waals surface area (Å²) in [4.78, 5) is 8.06. The van der Waals surface area contributed by atoms with Crippen molar-refractivity contribution in [2.75, 3.05) is 12.0 Å². The van der Waals surface area contributed by atoms with E-state index >= 15 is 0 Å². The van der Waals surface area contributed by atoms with Gasteiger partial charge in [-0.05, 0) is 18.8 Å². The molecule has 90 valence electrons. The number of aromatic nitrogens is 2. The van der Waals surface area contributed by atoms with E-state index < -0.39 is 0 Å². The second-order valence-corrected chi connectivity index (χ2v) is 4.96. The van der Waals surface area contributed by atoms with Gasteiger partial charge in [-0.15, -0.1) is 0 Å². The lowest BCUT2D eigenvalue weighted by Gasteiger charge is -2.18. The Hall–Kier alpha value is -1.36. The van der Waals surface area contributed by atoms with Crippen LogP contribution in [0.3, 0.4) is 0 Å². The zero-order valence-corrected chi connectivity index (χ0v) is 10.4. The number of hydrogen-bond donors (Lipinski definition) is 2. The summed E-state index contributed by atoms with van der Waals surface area (Å²) < 4.78 is 5.61. The second-order valence-electron chi connectivity index (χ2n) is 4.96. The number of nitrogens with zero attached hydrogens (tertiary/aromatic N) is 2. The molecule has 1 aromatic rings. The molecule has 0 aromatic carbocycles. The maximum Gasteiger partial charge on any atom is 0.221 e. The zero-order valence-electron chi connectivity index (χ0n) is 10.4. The van der Waals surface area contributed by atoms with E-state index in [1.807, 2.05) is 6.92 Å². The Morgan fingerprint density at radius 3 is 2.62 bits per heavy atom. The van der Waals surface area contributed by atoms with Gasteiger partial charge in [-0.25, -0.2) is 15.8 Å². The van der Waals surface area contributed by atoms with E-state index in [0.29, 0.717) is 18.3 Å². The maximum absolute atomic E-state index is 5.61. The van der Waals surface area contributed by atoms with Gasteiger partial charge >= 0.3 is 0 Å². The van der Waals surface area contributed by atoms with Crippen molar-refractivity contribution in [2.24, 2.45) is 11.3 Å². The van der Waals surface area contributed by atoms with E-state index in [4.69, 9.17) is 10.6 Å². The monoisotopic (exact) mass is 224 g/mol. The Bertz CT molecular complexity index is 346. The largest absolute Gasteiger partial charge is 0.477 e. The molecule has 0 amide bonds. The van der Waals surface area contributed by atoms with Gasteiger partial charge < -0.3 is 10.2 Å². The Kier molecular flexibility index (Phi) is 4.06. The van der Waals surface area contributed by atoms with Gasteiger partial charge in [-0.3, -0.25) is 0 Å². The average molecular weight is 224 g/mol. The molecular weight excluding hydrogens is 204 g/mol. The number of hydrogen-bond acceptors (Lipinski definition) is 5. The second kappa shape index (κ2) is 5.12. The minimum Gasteiger partial charge on any atom is -0.477 e. The molecule has 0 saturated heterocycles. The molecule has 0 aliphatic rings. The molecule has 0 saturated carbocycles. The fourth-order valence-electron chi connectivity index (χ4n) is 1.18. The molecule has 0 fully saturated rings. The third kappa shape index (κ3) is 3.66. The molecule has 0 bridgehead atoms. The number of ether oxygens (including phenoxy) is 1. The molecule has 1 aromatic heterocycles. The Balaban J connectivity index is 2.61. The highest BCUT2D eigenvalue weighted by molar-refractivity contribution is 5.46. The quantitative estimate of drug-likeness (QED) is 0.603. The van der Waals surface area contributed by atoms with Gasteiger partial charge in [-0.2, -0.15) is 0 Å². The Labute approximate surface area is 96.4 Å². The fraction of sp³-hybridized carbons (Fsp3) is 0.636. The molecule has 0 unspecified atom stereocenters.